The first-order valence-corrected chi connectivity index (χ1v) is 6.97. The molecule has 1 amide bonds. The summed E-state index contributed by atoms with van der Waals surface area (Å²) < 4.78 is 5.47. The summed E-state index contributed by atoms with van der Waals surface area (Å²) in [7, 11) is 0. The van der Waals surface area contributed by atoms with Gasteiger partial charge in [-0.1, -0.05) is 13.8 Å². The van der Waals surface area contributed by atoms with Crippen LogP contribution in [0.25, 0.3) is 0 Å². The third-order valence-electron chi connectivity index (χ3n) is 3.52. The Bertz CT molecular complexity index is 321. The number of aliphatic carboxylic acids is 1. The van der Waals surface area contributed by atoms with Crippen LogP contribution in [0.15, 0.2) is 0 Å². The van der Waals surface area contributed by atoms with Gasteiger partial charge >= 0.3 is 5.97 Å². The molecule has 2 atom stereocenters. The molecule has 0 aliphatic carbocycles. The lowest BCUT2D eigenvalue weighted by Gasteiger charge is -2.24. The zero-order chi connectivity index (χ0) is 14.5. The molecule has 1 heterocycles. The summed E-state index contributed by atoms with van der Waals surface area (Å²) in [6.45, 7) is 6.93. The van der Waals surface area contributed by atoms with E-state index >= 15 is 0 Å². The Hall–Kier alpha value is -1.10. The van der Waals surface area contributed by atoms with Crippen LogP contribution >= 0.6 is 0 Å². The van der Waals surface area contributed by atoms with Crippen molar-refractivity contribution >= 4 is 11.9 Å². The molecule has 0 aromatic heterocycles. The van der Waals surface area contributed by atoms with Crippen molar-refractivity contribution in [3.8, 4) is 0 Å². The van der Waals surface area contributed by atoms with E-state index in [1.54, 1.807) is 6.92 Å². The second-order valence-electron chi connectivity index (χ2n) is 5.99. The van der Waals surface area contributed by atoms with Crippen molar-refractivity contribution in [1.29, 1.82) is 0 Å². The van der Waals surface area contributed by atoms with Crippen molar-refractivity contribution in [2.45, 2.75) is 52.1 Å². The van der Waals surface area contributed by atoms with Crippen LogP contribution in [0.4, 0.5) is 0 Å². The van der Waals surface area contributed by atoms with Crippen LogP contribution < -0.4 is 5.32 Å². The lowest BCUT2D eigenvalue weighted by Crippen LogP contribution is -2.45. The van der Waals surface area contributed by atoms with Gasteiger partial charge in [-0.15, -0.1) is 0 Å². The van der Waals surface area contributed by atoms with Crippen molar-refractivity contribution in [2.75, 3.05) is 13.2 Å². The highest BCUT2D eigenvalue weighted by molar-refractivity contribution is 5.85. The quantitative estimate of drug-likeness (QED) is 0.740. The average molecular weight is 271 g/mol. The molecule has 5 heteroatoms. The summed E-state index contributed by atoms with van der Waals surface area (Å²) in [6.07, 6.45) is 2.52. The monoisotopic (exact) mass is 271 g/mol. The minimum absolute atomic E-state index is 0.0218. The van der Waals surface area contributed by atoms with Crippen LogP contribution in [0.3, 0.4) is 0 Å². The number of hydrogen-bond acceptors (Lipinski definition) is 3. The van der Waals surface area contributed by atoms with E-state index in [9.17, 15) is 9.59 Å². The van der Waals surface area contributed by atoms with Crippen LogP contribution in [-0.4, -0.2) is 35.7 Å². The van der Waals surface area contributed by atoms with Gasteiger partial charge in [-0.3, -0.25) is 9.59 Å². The highest BCUT2D eigenvalue weighted by atomic mass is 16.5. The maximum Gasteiger partial charge on any atom is 0.303 e. The predicted octanol–water partition coefficient (Wildman–Crippen LogP) is 1.81. The first-order valence-electron chi connectivity index (χ1n) is 6.97. The van der Waals surface area contributed by atoms with Gasteiger partial charge in [0.05, 0.1) is 0 Å². The van der Waals surface area contributed by atoms with E-state index in [0.717, 1.165) is 19.3 Å². The number of carboxylic acid groups (broad SMARTS) is 1. The molecule has 2 N–H and O–H groups in total. The number of carbonyl (C=O) groups is 2. The molecule has 0 bridgehead atoms. The lowest BCUT2D eigenvalue weighted by atomic mass is 9.93. The lowest BCUT2D eigenvalue weighted by molar-refractivity contribution is -0.141. The fraction of sp³-hybridized carbons (Fsp3) is 0.857. The molecule has 110 valence electrons. The van der Waals surface area contributed by atoms with Crippen molar-refractivity contribution < 1.29 is 19.4 Å². The van der Waals surface area contributed by atoms with Gasteiger partial charge in [-0.25, -0.2) is 0 Å². The molecule has 1 fully saturated rings. The largest absolute Gasteiger partial charge is 0.481 e. The number of carboxylic acids is 1. The van der Waals surface area contributed by atoms with E-state index in [1.807, 2.05) is 0 Å². The molecule has 0 saturated carbocycles. The van der Waals surface area contributed by atoms with Gasteiger partial charge in [0.2, 0.25) is 0 Å². The Morgan fingerprint density at radius 1 is 1.42 bits per heavy atom. The minimum Gasteiger partial charge on any atom is -0.481 e. The summed E-state index contributed by atoms with van der Waals surface area (Å²) >= 11 is 0. The van der Waals surface area contributed by atoms with Crippen molar-refractivity contribution in [3.05, 3.63) is 0 Å². The first-order chi connectivity index (χ1) is 8.83. The highest BCUT2D eigenvalue weighted by Crippen LogP contribution is 2.25. The van der Waals surface area contributed by atoms with E-state index in [0.29, 0.717) is 19.1 Å². The Morgan fingerprint density at radius 3 is 2.58 bits per heavy atom. The van der Waals surface area contributed by atoms with Gasteiger partial charge in [0.25, 0.3) is 5.91 Å². The first kappa shape index (κ1) is 16.0. The standard InChI is InChI=1S/C14H25NO4/c1-10(2)7-11(8-12(16)17)9-15-13(18)14(3)5-4-6-19-14/h10-11H,4-9H2,1-3H3,(H,15,18)(H,16,17)/t11-,14?/m0/s1. The average Bonchev–Trinajstić information content (AvgIpc) is 2.72. The molecule has 1 aliphatic heterocycles. The molecule has 0 aromatic carbocycles. The SMILES string of the molecule is CC(C)C[C@H](CNC(=O)C1(C)CCCO1)CC(=O)O. The molecule has 5 nitrogen and oxygen atoms in total. The molecule has 1 aliphatic rings. The maximum atomic E-state index is 12.1. The Balaban J connectivity index is 2.46. The minimum atomic E-state index is -0.816. The molecule has 0 spiro atoms. The maximum absolute atomic E-state index is 12.1. The van der Waals surface area contributed by atoms with Crippen LogP contribution in [-0.2, 0) is 14.3 Å². The Kier molecular flexibility index (Phi) is 5.79. The topological polar surface area (TPSA) is 75.6 Å². The fourth-order valence-electron chi connectivity index (χ4n) is 2.53. The molecule has 1 rings (SSSR count). The van der Waals surface area contributed by atoms with Gasteiger partial charge in [0, 0.05) is 19.6 Å². The fourth-order valence-corrected chi connectivity index (χ4v) is 2.53. The smallest absolute Gasteiger partial charge is 0.303 e. The normalized spacial score (nSPS) is 24.4. The number of ether oxygens (including phenoxy) is 1. The van der Waals surface area contributed by atoms with Gasteiger partial charge in [-0.05, 0) is 38.0 Å². The molecular formula is C14H25NO4. The van der Waals surface area contributed by atoms with Gasteiger partial charge < -0.3 is 15.2 Å². The molecule has 0 aromatic rings. The number of nitrogens with one attached hydrogen (secondary N) is 1. The molecular weight excluding hydrogens is 246 g/mol. The van der Waals surface area contributed by atoms with E-state index < -0.39 is 11.6 Å². The Labute approximate surface area is 114 Å². The molecule has 1 saturated heterocycles. The number of hydrogen-bond donors (Lipinski definition) is 2. The zero-order valence-corrected chi connectivity index (χ0v) is 12.1. The number of amides is 1. The number of rotatable bonds is 7. The summed E-state index contributed by atoms with van der Waals surface area (Å²) in [5.41, 5.74) is -0.731. The van der Waals surface area contributed by atoms with Gasteiger partial charge in [0.1, 0.15) is 5.60 Å². The Morgan fingerprint density at radius 2 is 2.11 bits per heavy atom. The third-order valence-corrected chi connectivity index (χ3v) is 3.52. The second-order valence-corrected chi connectivity index (χ2v) is 5.99. The van der Waals surface area contributed by atoms with E-state index in [-0.39, 0.29) is 18.2 Å². The summed E-state index contributed by atoms with van der Waals surface area (Å²) in [5.74, 6) is -0.543. The predicted molar refractivity (Wildman–Crippen MR) is 71.8 cm³/mol. The van der Waals surface area contributed by atoms with Crippen LogP contribution in [0.5, 0.6) is 0 Å². The molecule has 1 unspecified atom stereocenters. The van der Waals surface area contributed by atoms with Gasteiger partial charge in [-0.2, -0.15) is 0 Å². The highest BCUT2D eigenvalue weighted by Gasteiger charge is 2.37. The summed E-state index contributed by atoms with van der Waals surface area (Å²) in [5, 5.41) is 11.7. The van der Waals surface area contributed by atoms with E-state index in [4.69, 9.17) is 9.84 Å². The van der Waals surface area contributed by atoms with E-state index in [1.165, 1.54) is 0 Å². The molecule has 19 heavy (non-hydrogen) atoms. The van der Waals surface area contributed by atoms with E-state index in [2.05, 4.69) is 19.2 Å². The van der Waals surface area contributed by atoms with Crippen LogP contribution in [0, 0.1) is 11.8 Å². The third kappa shape index (κ3) is 5.19. The molecule has 0 radical (unpaired) electrons. The second kappa shape index (κ2) is 6.89. The van der Waals surface area contributed by atoms with Crippen molar-refractivity contribution in [1.82, 2.24) is 5.32 Å². The zero-order valence-electron chi connectivity index (χ0n) is 12.1. The van der Waals surface area contributed by atoms with Crippen LogP contribution in [0.2, 0.25) is 0 Å². The number of carbonyl (C=O) groups excluding carboxylic acids is 1. The summed E-state index contributed by atoms with van der Waals surface area (Å²) in [6, 6.07) is 0. The van der Waals surface area contributed by atoms with Gasteiger partial charge in [0.15, 0.2) is 0 Å². The van der Waals surface area contributed by atoms with Crippen molar-refractivity contribution in [2.24, 2.45) is 11.8 Å². The van der Waals surface area contributed by atoms with Crippen molar-refractivity contribution in [3.63, 3.8) is 0 Å². The summed E-state index contributed by atoms with van der Waals surface area (Å²) in [4.78, 5) is 22.9. The van der Waals surface area contributed by atoms with Crippen LogP contribution in [0.1, 0.15) is 46.5 Å².